The molecule has 0 bridgehead atoms. The number of hydrogen-bond acceptors (Lipinski definition) is 4. The van der Waals surface area contributed by atoms with Crippen LogP contribution in [0.2, 0.25) is 0 Å². The fourth-order valence-corrected chi connectivity index (χ4v) is 1.76. The molecule has 7 heteroatoms. The normalized spacial score (nSPS) is 11.4. The van der Waals surface area contributed by atoms with E-state index in [2.05, 4.69) is 20.3 Å². The average Bonchev–Trinajstić information content (AvgIpc) is 2.45. The Kier molecular flexibility index (Phi) is 4.72. The van der Waals surface area contributed by atoms with Crippen LogP contribution in [0, 0.1) is 0 Å². The van der Waals surface area contributed by atoms with Crippen LogP contribution in [0.25, 0.3) is 0 Å². The second-order valence-corrected chi connectivity index (χ2v) is 4.52. The molecule has 21 heavy (non-hydrogen) atoms. The average molecular weight is 296 g/mol. The first-order valence-corrected chi connectivity index (χ1v) is 6.57. The molecule has 0 saturated heterocycles. The highest BCUT2D eigenvalue weighted by Crippen LogP contribution is 2.29. The van der Waals surface area contributed by atoms with Crippen molar-refractivity contribution in [1.29, 1.82) is 0 Å². The van der Waals surface area contributed by atoms with Crippen molar-refractivity contribution in [2.75, 3.05) is 11.9 Å². The fraction of sp³-hybridized carbons (Fsp3) is 0.357. The maximum absolute atomic E-state index is 12.9. The Bertz CT molecular complexity index is 585. The second kappa shape index (κ2) is 6.51. The van der Waals surface area contributed by atoms with Crippen LogP contribution in [0.4, 0.5) is 19.1 Å². The maximum atomic E-state index is 12.9. The Hall–Kier alpha value is -2.18. The van der Waals surface area contributed by atoms with Gasteiger partial charge in [0.1, 0.15) is 5.69 Å². The van der Waals surface area contributed by atoms with Gasteiger partial charge in [-0.25, -0.2) is 9.97 Å². The third-order valence-electron chi connectivity index (χ3n) is 2.74. The zero-order valence-electron chi connectivity index (χ0n) is 11.5. The van der Waals surface area contributed by atoms with Crippen LogP contribution in [0.1, 0.15) is 30.3 Å². The van der Waals surface area contributed by atoms with E-state index in [1.807, 2.05) is 6.92 Å². The van der Waals surface area contributed by atoms with Crippen molar-refractivity contribution >= 4 is 5.95 Å². The summed E-state index contributed by atoms with van der Waals surface area (Å²) in [6, 6.07) is 4.47. The molecule has 2 aromatic heterocycles. The minimum Gasteiger partial charge on any atom is -0.354 e. The first-order valence-electron chi connectivity index (χ1n) is 6.57. The van der Waals surface area contributed by atoms with Crippen LogP contribution in [-0.2, 0) is 12.6 Å². The highest BCUT2D eigenvalue weighted by atomic mass is 19.4. The van der Waals surface area contributed by atoms with Crippen molar-refractivity contribution in [1.82, 2.24) is 15.0 Å². The van der Waals surface area contributed by atoms with Gasteiger partial charge in [0, 0.05) is 25.4 Å². The zero-order chi connectivity index (χ0) is 15.3. The molecule has 2 rings (SSSR count). The fourth-order valence-electron chi connectivity index (χ4n) is 1.76. The summed E-state index contributed by atoms with van der Waals surface area (Å²) in [5, 5.41) is 2.80. The lowest BCUT2D eigenvalue weighted by molar-refractivity contribution is -0.141. The molecule has 0 atom stereocenters. The van der Waals surface area contributed by atoms with Gasteiger partial charge in [-0.3, -0.25) is 4.98 Å². The lowest BCUT2D eigenvalue weighted by Gasteiger charge is -2.11. The van der Waals surface area contributed by atoms with Crippen LogP contribution in [0.3, 0.4) is 0 Å². The number of rotatable bonds is 5. The van der Waals surface area contributed by atoms with E-state index in [0.29, 0.717) is 18.7 Å². The number of nitrogens with zero attached hydrogens (tertiary/aromatic N) is 3. The first kappa shape index (κ1) is 15.2. The van der Waals surface area contributed by atoms with Gasteiger partial charge in [-0.15, -0.1) is 0 Å². The van der Waals surface area contributed by atoms with Gasteiger partial charge in [-0.1, -0.05) is 6.92 Å². The predicted octanol–water partition coefficient (Wildman–Crippen LogP) is 3.30. The van der Waals surface area contributed by atoms with Crippen LogP contribution in [-0.4, -0.2) is 21.5 Å². The number of halogens is 3. The van der Waals surface area contributed by atoms with Gasteiger partial charge >= 0.3 is 6.18 Å². The third kappa shape index (κ3) is 4.40. The van der Waals surface area contributed by atoms with Crippen LogP contribution < -0.4 is 5.32 Å². The van der Waals surface area contributed by atoms with E-state index in [1.165, 1.54) is 0 Å². The molecule has 2 aromatic rings. The molecule has 0 radical (unpaired) electrons. The summed E-state index contributed by atoms with van der Waals surface area (Å²) in [6.45, 7) is 2.44. The van der Waals surface area contributed by atoms with E-state index in [1.54, 1.807) is 24.5 Å². The summed E-state index contributed by atoms with van der Waals surface area (Å²) in [6.07, 6.45) is -0.221. The lowest BCUT2D eigenvalue weighted by atomic mass is 10.1. The number of hydrogen-bond donors (Lipinski definition) is 1. The molecule has 0 aliphatic carbocycles. The van der Waals surface area contributed by atoms with Gasteiger partial charge in [0.05, 0.1) is 5.69 Å². The van der Waals surface area contributed by atoms with Gasteiger partial charge in [0.25, 0.3) is 0 Å². The number of anilines is 1. The van der Waals surface area contributed by atoms with Crippen molar-refractivity contribution in [2.24, 2.45) is 0 Å². The molecule has 0 fully saturated rings. The van der Waals surface area contributed by atoms with Crippen molar-refractivity contribution in [3.05, 3.63) is 47.5 Å². The Morgan fingerprint density at radius 3 is 2.48 bits per heavy atom. The molecule has 0 aromatic carbocycles. The molecule has 2 heterocycles. The highest BCUT2D eigenvalue weighted by molar-refractivity contribution is 5.31. The minimum absolute atomic E-state index is 0.00994. The molecule has 112 valence electrons. The summed E-state index contributed by atoms with van der Waals surface area (Å²) in [7, 11) is 0. The topological polar surface area (TPSA) is 50.7 Å². The molecule has 0 spiro atoms. The largest absolute Gasteiger partial charge is 0.433 e. The van der Waals surface area contributed by atoms with E-state index < -0.39 is 11.9 Å². The molecular weight excluding hydrogens is 281 g/mol. The summed E-state index contributed by atoms with van der Waals surface area (Å²) in [4.78, 5) is 11.5. The van der Waals surface area contributed by atoms with E-state index in [0.717, 1.165) is 18.1 Å². The summed E-state index contributed by atoms with van der Waals surface area (Å²) in [5.41, 5.74) is 0.237. The molecule has 0 unspecified atom stereocenters. The molecular formula is C14H15F3N4. The zero-order valence-corrected chi connectivity index (χ0v) is 11.5. The second-order valence-electron chi connectivity index (χ2n) is 4.52. The number of pyridine rings is 1. The smallest absolute Gasteiger partial charge is 0.354 e. The molecule has 0 aliphatic rings. The van der Waals surface area contributed by atoms with Crippen LogP contribution in [0.5, 0.6) is 0 Å². The summed E-state index contributed by atoms with van der Waals surface area (Å²) < 4.78 is 38.6. The van der Waals surface area contributed by atoms with Crippen LogP contribution in [0.15, 0.2) is 30.6 Å². The Balaban J connectivity index is 2.30. The minimum atomic E-state index is -4.49. The summed E-state index contributed by atoms with van der Waals surface area (Å²) >= 11 is 0. The molecule has 4 nitrogen and oxygen atoms in total. The van der Waals surface area contributed by atoms with E-state index >= 15 is 0 Å². The number of aromatic nitrogens is 3. The van der Waals surface area contributed by atoms with Crippen molar-refractivity contribution in [2.45, 2.75) is 25.9 Å². The van der Waals surface area contributed by atoms with E-state index in [-0.39, 0.29) is 5.95 Å². The quantitative estimate of drug-likeness (QED) is 0.919. The molecule has 1 N–H and O–H groups in total. The lowest BCUT2D eigenvalue weighted by Crippen LogP contribution is -2.14. The Morgan fingerprint density at radius 2 is 1.86 bits per heavy atom. The highest BCUT2D eigenvalue weighted by Gasteiger charge is 2.33. The van der Waals surface area contributed by atoms with E-state index in [9.17, 15) is 13.2 Å². The Labute approximate surface area is 120 Å². The predicted molar refractivity (Wildman–Crippen MR) is 72.9 cm³/mol. The molecule has 0 amide bonds. The van der Waals surface area contributed by atoms with Crippen molar-refractivity contribution in [3.8, 4) is 0 Å². The molecule has 0 aliphatic heterocycles. The van der Waals surface area contributed by atoms with Gasteiger partial charge in [0.2, 0.25) is 5.95 Å². The van der Waals surface area contributed by atoms with Gasteiger partial charge in [0.15, 0.2) is 0 Å². The van der Waals surface area contributed by atoms with E-state index in [4.69, 9.17) is 0 Å². The summed E-state index contributed by atoms with van der Waals surface area (Å²) in [5.74, 6) is 0.00994. The third-order valence-corrected chi connectivity index (χ3v) is 2.74. The molecule has 0 saturated carbocycles. The number of nitrogens with one attached hydrogen (secondary N) is 1. The monoisotopic (exact) mass is 296 g/mol. The Morgan fingerprint density at radius 1 is 1.14 bits per heavy atom. The van der Waals surface area contributed by atoms with Gasteiger partial charge in [-0.05, 0) is 30.2 Å². The maximum Gasteiger partial charge on any atom is 0.433 e. The number of alkyl halides is 3. The SMILES string of the molecule is CCCNc1nc(Cc2ccncc2)cc(C(F)(F)F)n1. The van der Waals surface area contributed by atoms with Crippen molar-refractivity contribution < 1.29 is 13.2 Å². The first-order chi connectivity index (χ1) is 9.99. The van der Waals surface area contributed by atoms with Crippen molar-refractivity contribution in [3.63, 3.8) is 0 Å². The van der Waals surface area contributed by atoms with Gasteiger partial charge < -0.3 is 5.32 Å². The standard InChI is InChI=1S/C14H15F3N4/c1-2-5-19-13-20-11(8-10-3-6-18-7-4-10)9-12(21-13)14(15,16)17/h3-4,6-7,9H,2,5,8H2,1H3,(H,19,20,21). The van der Waals surface area contributed by atoms with Gasteiger partial charge in [-0.2, -0.15) is 13.2 Å². The van der Waals surface area contributed by atoms with Crippen LogP contribution >= 0.6 is 0 Å².